The number of amides is 1. The highest BCUT2D eigenvalue weighted by molar-refractivity contribution is 5.94. The third-order valence-corrected chi connectivity index (χ3v) is 2.52. The molecule has 21 heavy (non-hydrogen) atoms. The molecule has 1 aromatic carbocycles. The molecule has 0 saturated carbocycles. The molecule has 1 aromatic rings. The minimum Gasteiger partial charge on any atom is -0.378 e. The SMILES string of the molecule is N#Cc1cc(C(=O)NCCOCCOCCN)ccc1F. The standard InChI is InChI=1S/C14H18FN3O3/c15-13-2-1-11(9-12(13)10-17)14(19)18-4-6-21-8-7-20-5-3-16/h1-2,9H,3-8,16H2,(H,18,19). The van der Waals surface area contributed by atoms with Crippen molar-refractivity contribution in [1.29, 1.82) is 5.26 Å². The molecule has 0 aromatic heterocycles. The summed E-state index contributed by atoms with van der Waals surface area (Å²) in [6.45, 7) is 2.49. The maximum Gasteiger partial charge on any atom is 0.251 e. The smallest absolute Gasteiger partial charge is 0.251 e. The number of hydrogen-bond donors (Lipinski definition) is 2. The fourth-order valence-electron chi connectivity index (χ4n) is 1.50. The van der Waals surface area contributed by atoms with Gasteiger partial charge < -0.3 is 20.5 Å². The average molecular weight is 295 g/mol. The van der Waals surface area contributed by atoms with Gasteiger partial charge in [0.25, 0.3) is 5.91 Å². The van der Waals surface area contributed by atoms with Crippen molar-refractivity contribution >= 4 is 5.91 Å². The molecule has 7 heteroatoms. The Morgan fingerprint density at radius 1 is 1.29 bits per heavy atom. The largest absolute Gasteiger partial charge is 0.378 e. The van der Waals surface area contributed by atoms with Crippen molar-refractivity contribution in [3.8, 4) is 6.07 Å². The minimum absolute atomic E-state index is 0.157. The number of nitrogens with two attached hydrogens (primary N) is 1. The zero-order valence-corrected chi connectivity index (χ0v) is 11.6. The van der Waals surface area contributed by atoms with Crippen LogP contribution in [0.5, 0.6) is 0 Å². The Labute approximate surface area is 122 Å². The van der Waals surface area contributed by atoms with Crippen LogP contribution in [0, 0.1) is 17.1 Å². The van der Waals surface area contributed by atoms with E-state index in [2.05, 4.69) is 5.32 Å². The van der Waals surface area contributed by atoms with E-state index >= 15 is 0 Å². The van der Waals surface area contributed by atoms with E-state index in [1.165, 1.54) is 12.1 Å². The van der Waals surface area contributed by atoms with Gasteiger partial charge >= 0.3 is 0 Å². The fourth-order valence-corrected chi connectivity index (χ4v) is 1.50. The van der Waals surface area contributed by atoms with Crippen molar-refractivity contribution in [1.82, 2.24) is 5.32 Å². The molecule has 0 spiro atoms. The lowest BCUT2D eigenvalue weighted by atomic mass is 10.1. The van der Waals surface area contributed by atoms with Gasteiger partial charge in [-0.1, -0.05) is 0 Å². The van der Waals surface area contributed by atoms with Gasteiger partial charge in [0.2, 0.25) is 0 Å². The first-order valence-corrected chi connectivity index (χ1v) is 6.52. The van der Waals surface area contributed by atoms with Crippen LogP contribution in [-0.2, 0) is 9.47 Å². The summed E-state index contributed by atoms with van der Waals surface area (Å²) in [5.74, 6) is -1.02. The highest BCUT2D eigenvalue weighted by Gasteiger charge is 2.08. The molecular formula is C14H18FN3O3. The van der Waals surface area contributed by atoms with Crippen molar-refractivity contribution in [2.24, 2.45) is 5.73 Å². The van der Waals surface area contributed by atoms with Crippen LogP contribution in [0.25, 0.3) is 0 Å². The third kappa shape index (κ3) is 6.31. The molecule has 0 radical (unpaired) electrons. The second-order valence-electron chi connectivity index (χ2n) is 4.08. The second kappa shape index (κ2) is 9.83. The van der Waals surface area contributed by atoms with E-state index in [-0.39, 0.29) is 17.0 Å². The quantitative estimate of drug-likeness (QED) is 0.643. The fraction of sp³-hybridized carbons (Fsp3) is 0.429. The first-order chi connectivity index (χ1) is 10.2. The van der Waals surface area contributed by atoms with Crippen molar-refractivity contribution in [3.63, 3.8) is 0 Å². The molecule has 0 atom stereocenters. The molecule has 114 valence electrons. The van der Waals surface area contributed by atoms with Crippen LogP contribution in [0.3, 0.4) is 0 Å². The van der Waals surface area contributed by atoms with Gasteiger partial charge in [-0.05, 0) is 18.2 Å². The highest BCUT2D eigenvalue weighted by Crippen LogP contribution is 2.09. The number of ether oxygens (including phenoxy) is 2. The zero-order chi connectivity index (χ0) is 15.5. The summed E-state index contributed by atoms with van der Waals surface area (Å²) in [4.78, 5) is 11.8. The Hall–Kier alpha value is -2.01. The molecule has 1 rings (SSSR count). The maximum absolute atomic E-state index is 13.1. The molecular weight excluding hydrogens is 277 g/mol. The van der Waals surface area contributed by atoms with Crippen molar-refractivity contribution in [2.45, 2.75) is 0 Å². The number of carbonyl (C=O) groups excluding carboxylic acids is 1. The van der Waals surface area contributed by atoms with E-state index in [0.29, 0.717) is 39.5 Å². The van der Waals surface area contributed by atoms with Crippen LogP contribution in [0.4, 0.5) is 4.39 Å². The number of nitrogens with one attached hydrogen (secondary N) is 1. The first-order valence-electron chi connectivity index (χ1n) is 6.52. The number of nitriles is 1. The van der Waals surface area contributed by atoms with Crippen molar-refractivity contribution in [2.75, 3.05) is 39.5 Å². The molecule has 0 aliphatic heterocycles. The van der Waals surface area contributed by atoms with Crippen molar-refractivity contribution < 1.29 is 18.7 Å². The van der Waals surface area contributed by atoms with Crippen LogP contribution < -0.4 is 11.1 Å². The van der Waals surface area contributed by atoms with Crippen LogP contribution in [0.1, 0.15) is 15.9 Å². The lowest BCUT2D eigenvalue weighted by molar-refractivity contribution is 0.0511. The van der Waals surface area contributed by atoms with Crippen LogP contribution in [0.15, 0.2) is 18.2 Å². The predicted octanol–water partition coefficient (Wildman–Crippen LogP) is 0.419. The van der Waals surface area contributed by atoms with Crippen LogP contribution in [0.2, 0.25) is 0 Å². The lowest BCUT2D eigenvalue weighted by Crippen LogP contribution is -2.27. The monoisotopic (exact) mass is 295 g/mol. The molecule has 0 bridgehead atoms. The van der Waals surface area contributed by atoms with E-state index in [1.54, 1.807) is 6.07 Å². The Balaban J connectivity index is 2.24. The molecule has 3 N–H and O–H groups in total. The number of benzene rings is 1. The molecule has 0 aliphatic carbocycles. The molecule has 1 amide bonds. The van der Waals surface area contributed by atoms with Gasteiger partial charge in [-0.15, -0.1) is 0 Å². The minimum atomic E-state index is -0.644. The van der Waals surface area contributed by atoms with E-state index in [1.807, 2.05) is 0 Å². The average Bonchev–Trinajstić information content (AvgIpc) is 2.50. The highest BCUT2D eigenvalue weighted by atomic mass is 19.1. The molecule has 0 saturated heterocycles. The van der Waals surface area contributed by atoms with Gasteiger partial charge in [-0.25, -0.2) is 4.39 Å². The van der Waals surface area contributed by atoms with E-state index < -0.39 is 5.82 Å². The van der Waals surface area contributed by atoms with Gasteiger partial charge in [-0.2, -0.15) is 5.26 Å². The first kappa shape index (κ1) is 17.0. The second-order valence-corrected chi connectivity index (χ2v) is 4.08. The summed E-state index contributed by atoms with van der Waals surface area (Å²) < 4.78 is 23.5. The summed E-state index contributed by atoms with van der Waals surface area (Å²) in [5, 5.41) is 11.3. The number of hydrogen-bond acceptors (Lipinski definition) is 5. The molecule has 0 unspecified atom stereocenters. The summed E-state index contributed by atoms with van der Waals surface area (Å²) in [7, 11) is 0. The van der Waals surface area contributed by atoms with Gasteiger partial charge in [0.05, 0.1) is 32.0 Å². The van der Waals surface area contributed by atoms with Crippen LogP contribution >= 0.6 is 0 Å². The van der Waals surface area contributed by atoms with Gasteiger partial charge in [0.15, 0.2) is 0 Å². The summed E-state index contributed by atoms with van der Waals surface area (Å²) in [5.41, 5.74) is 5.33. The van der Waals surface area contributed by atoms with Crippen molar-refractivity contribution in [3.05, 3.63) is 35.1 Å². The predicted molar refractivity (Wildman–Crippen MR) is 74.1 cm³/mol. The Morgan fingerprint density at radius 3 is 2.67 bits per heavy atom. The summed E-state index contributed by atoms with van der Waals surface area (Å²) >= 11 is 0. The lowest BCUT2D eigenvalue weighted by Gasteiger charge is -2.07. The third-order valence-electron chi connectivity index (χ3n) is 2.52. The molecule has 0 heterocycles. The number of carbonyl (C=O) groups is 1. The van der Waals surface area contributed by atoms with Gasteiger partial charge in [0.1, 0.15) is 11.9 Å². The van der Waals surface area contributed by atoms with E-state index in [9.17, 15) is 9.18 Å². The van der Waals surface area contributed by atoms with E-state index in [4.69, 9.17) is 20.5 Å². The normalized spacial score (nSPS) is 10.1. The molecule has 0 fully saturated rings. The summed E-state index contributed by atoms with van der Waals surface area (Å²) in [6, 6.07) is 5.33. The van der Waals surface area contributed by atoms with Gasteiger partial charge in [-0.3, -0.25) is 4.79 Å². The Kier molecular flexibility index (Phi) is 7.97. The van der Waals surface area contributed by atoms with Crippen LogP contribution in [-0.4, -0.2) is 45.4 Å². The molecule has 0 aliphatic rings. The van der Waals surface area contributed by atoms with Gasteiger partial charge in [0, 0.05) is 18.7 Å². The Morgan fingerprint density at radius 2 is 2.00 bits per heavy atom. The molecule has 6 nitrogen and oxygen atoms in total. The Bertz CT molecular complexity index is 503. The topological polar surface area (TPSA) is 97.4 Å². The zero-order valence-electron chi connectivity index (χ0n) is 11.6. The number of nitrogens with zero attached hydrogens (tertiary/aromatic N) is 1. The number of halogens is 1. The maximum atomic E-state index is 13.1. The van der Waals surface area contributed by atoms with E-state index in [0.717, 1.165) is 6.07 Å². The number of rotatable bonds is 9. The summed E-state index contributed by atoms with van der Waals surface area (Å²) in [6.07, 6.45) is 0.